The minimum absolute atomic E-state index is 0.697. The van der Waals surface area contributed by atoms with Crippen LogP contribution >= 0.6 is 23.4 Å². The van der Waals surface area contributed by atoms with Crippen LogP contribution in [-0.4, -0.2) is 5.71 Å². The van der Waals surface area contributed by atoms with Crippen LogP contribution in [0.5, 0.6) is 0 Å². The Morgan fingerprint density at radius 3 is 2.44 bits per heavy atom. The molecule has 0 aromatic heterocycles. The second-order valence-corrected chi connectivity index (χ2v) is 6.94. The number of hydrogen-bond acceptors (Lipinski definition) is 2. The molecule has 0 spiro atoms. The van der Waals surface area contributed by atoms with Crippen molar-refractivity contribution < 1.29 is 0 Å². The van der Waals surface area contributed by atoms with Gasteiger partial charge in [-0.15, -0.1) is 0 Å². The van der Waals surface area contributed by atoms with Gasteiger partial charge in [0.05, 0.1) is 11.4 Å². The van der Waals surface area contributed by atoms with Crippen LogP contribution in [0.1, 0.15) is 11.1 Å². The van der Waals surface area contributed by atoms with Gasteiger partial charge < -0.3 is 0 Å². The Morgan fingerprint density at radius 2 is 1.68 bits per heavy atom. The van der Waals surface area contributed by atoms with Gasteiger partial charge in [0.2, 0.25) is 0 Å². The fourth-order valence-electron chi connectivity index (χ4n) is 2.36. The molecule has 25 heavy (non-hydrogen) atoms. The van der Waals surface area contributed by atoms with Crippen molar-refractivity contribution in [3.8, 4) is 0 Å². The van der Waals surface area contributed by atoms with Crippen LogP contribution in [0.2, 0.25) is 5.02 Å². The zero-order valence-corrected chi connectivity index (χ0v) is 15.5. The van der Waals surface area contributed by atoms with E-state index in [9.17, 15) is 0 Å². The van der Waals surface area contributed by atoms with E-state index in [4.69, 9.17) is 16.6 Å². The summed E-state index contributed by atoms with van der Waals surface area (Å²) < 4.78 is 0. The zero-order valence-electron chi connectivity index (χ0n) is 13.9. The van der Waals surface area contributed by atoms with Crippen molar-refractivity contribution in [2.24, 2.45) is 4.99 Å². The molecule has 0 aliphatic rings. The van der Waals surface area contributed by atoms with Crippen LogP contribution in [0.15, 0.2) is 100 Å². The van der Waals surface area contributed by atoms with Gasteiger partial charge in [-0.25, -0.2) is 4.99 Å². The molecular formula is C22H18ClNS. The molecule has 0 N–H and O–H groups in total. The lowest BCUT2D eigenvalue weighted by molar-refractivity contribution is 1.37. The molecule has 0 aliphatic heterocycles. The third kappa shape index (κ3) is 5.09. The maximum atomic E-state index is 6.38. The average molecular weight is 364 g/mol. The van der Waals surface area contributed by atoms with Gasteiger partial charge in [0.15, 0.2) is 0 Å². The van der Waals surface area contributed by atoms with Crippen molar-refractivity contribution in [1.82, 2.24) is 0 Å². The van der Waals surface area contributed by atoms with E-state index in [-0.39, 0.29) is 0 Å². The highest BCUT2D eigenvalue weighted by atomic mass is 35.5. The Labute approximate surface area is 158 Å². The summed E-state index contributed by atoms with van der Waals surface area (Å²) in [6.07, 6.45) is 2.02. The van der Waals surface area contributed by atoms with Crippen LogP contribution < -0.4 is 0 Å². The van der Waals surface area contributed by atoms with Gasteiger partial charge in [-0.3, -0.25) is 0 Å². The summed E-state index contributed by atoms with van der Waals surface area (Å²) in [5, 5.41) is 2.75. The van der Waals surface area contributed by atoms with E-state index in [0.29, 0.717) is 5.02 Å². The van der Waals surface area contributed by atoms with Gasteiger partial charge in [-0.05, 0) is 48.7 Å². The van der Waals surface area contributed by atoms with Crippen molar-refractivity contribution in [3.63, 3.8) is 0 Å². The molecule has 3 aromatic rings. The molecule has 3 rings (SSSR count). The average Bonchev–Trinajstić information content (AvgIpc) is 2.62. The second-order valence-electron chi connectivity index (χ2n) is 5.55. The minimum Gasteiger partial charge on any atom is -0.248 e. The van der Waals surface area contributed by atoms with Crippen LogP contribution in [0.3, 0.4) is 0 Å². The Hall–Kier alpha value is -2.29. The number of rotatable bonds is 5. The zero-order chi connectivity index (χ0) is 17.5. The normalized spacial score (nSPS) is 11.8. The highest BCUT2D eigenvalue weighted by Gasteiger charge is 2.05. The van der Waals surface area contributed by atoms with E-state index in [1.54, 1.807) is 11.8 Å². The van der Waals surface area contributed by atoms with Gasteiger partial charge in [-0.1, -0.05) is 77.5 Å². The van der Waals surface area contributed by atoms with Gasteiger partial charge >= 0.3 is 0 Å². The number of halogens is 1. The lowest BCUT2D eigenvalue weighted by atomic mass is 10.1. The van der Waals surface area contributed by atoms with E-state index in [0.717, 1.165) is 17.0 Å². The number of thioether (sulfide) groups is 1. The fraction of sp³-hybridized carbons (Fsp3) is 0.0455. The smallest absolute Gasteiger partial charge is 0.0729 e. The van der Waals surface area contributed by atoms with Gasteiger partial charge in [-0.2, -0.15) is 0 Å². The summed E-state index contributed by atoms with van der Waals surface area (Å²) in [7, 11) is 0. The number of aryl methyl sites for hydroxylation is 1. The monoisotopic (exact) mass is 363 g/mol. The Morgan fingerprint density at radius 1 is 0.920 bits per heavy atom. The molecule has 124 valence electrons. The number of benzene rings is 3. The van der Waals surface area contributed by atoms with Crippen LogP contribution in [-0.2, 0) is 0 Å². The van der Waals surface area contributed by atoms with E-state index in [2.05, 4.69) is 36.6 Å². The van der Waals surface area contributed by atoms with Gasteiger partial charge in [0, 0.05) is 15.5 Å². The third-order valence-corrected chi connectivity index (χ3v) is 4.70. The first-order chi connectivity index (χ1) is 12.2. The molecule has 0 atom stereocenters. The molecule has 0 radical (unpaired) electrons. The topological polar surface area (TPSA) is 12.4 Å². The fourth-order valence-corrected chi connectivity index (χ4v) is 3.36. The standard InChI is InChI=1S/C22H18ClNS/c1-17-8-7-11-19(16-17)25-15-14-22(20-12-5-6-13-21(20)23)24-18-9-3-2-4-10-18/h2-16H,1H3. The van der Waals surface area contributed by atoms with Crippen molar-refractivity contribution in [2.75, 3.05) is 0 Å². The molecule has 0 amide bonds. The molecule has 3 heteroatoms. The largest absolute Gasteiger partial charge is 0.248 e. The SMILES string of the molecule is Cc1cccc(SC=CC(=Nc2ccccc2)c2ccccc2Cl)c1. The molecule has 0 fully saturated rings. The Balaban J connectivity index is 1.90. The predicted molar refractivity (Wildman–Crippen MR) is 110 cm³/mol. The van der Waals surface area contributed by atoms with E-state index < -0.39 is 0 Å². The summed E-state index contributed by atoms with van der Waals surface area (Å²) in [6, 6.07) is 26.1. The maximum absolute atomic E-state index is 6.38. The number of nitrogens with zero attached hydrogens (tertiary/aromatic N) is 1. The Bertz CT molecular complexity index is 901. The van der Waals surface area contributed by atoms with Crippen LogP contribution in [0.4, 0.5) is 5.69 Å². The quantitative estimate of drug-likeness (QED) is 0.348. The van der Waals surface area contributed by atoms with Gasteiger partial charge in [0.25, 0.3) is 0 Å². The molecular weight excluding hydrogens is 346 g/mol. The summed E-state index contributed by atoms with van der Waals surface area (Å²) in [4.78, 5) is 5.97. The third-order valence-electron chi connectivity index (χ3n) is 3.58. The second kappa shape index (κ2) is 8.70. The van der Waals surface area contributed by atoms with Crippen molar-refractivity contribution in [2.45, 2.75) is 11.8 Å². The summed E-state index contributed by atoms with van der Waals surface area (Å²) in [6.45, 7) is 2.10. The highest BCUT2D eigenvalue weighted by molar-refractivity contribution is 8.02. The maximum Gasteiger partial charge on any atom is 0.0729 e. The lowest BCUT2D eigenvalue weighted by Crippen LogP contribution is -1.97. The molecule has 0 saturated carbocycles. The summed E-state index contributed by atoms with van der Waals surface area (Å²) in [5.74, 6) is 0. The molecule has 1 nitrogen and oxygen atoms in total. The number of hydrogen-bond donors (Lipinski definition) is 0. The summed E-state index contributed by atoms with van der Waals surface area (Å²) >= 11 is 8.05. The molecule has 0 saturated heterocycles. The summed E-state index contributed by atoms with van der Waals surface area (Å²) in [5.41, 5.74) is 3.93. The number of para-hydroxylation sites is 1. The first-order valence-electron chi connectivity index (χ1n) is 8.01. The van der Waals surface area contributed by atoms with Gasteiger partial charge in [0.1, 0.15) is 0 Å². The predicted octanol–water partition coefficient (Wildman–Crippen LogP) is 7.08. The van der Waals surface area contributed by atoms with Crippen LogP contribution in [0.25, 0.3) is 0 Å². The van der Waals surface area contributed by atoms with E-state index >= 15 is 0 Å². The van der Waals surface area contributed by atoms with E-state index in [1.165, 1.54) is 10.5 Å². The van der Waals surface area contributed by atoms with Crippen LogP contribution in [0, 0.1) is 6.92 Å². The first-order valence-corrected chi connectivity index (χ1v) is 9.27. The molecule has 0 unspecified atom stereocenters. The number of aliphatic imine (C=N–C) groups is 1. The lowest BCUT2D eigenvalue weighted by Gasteiger charge is -2.05. The first kappa shape index (κ1) is 17.5. The Kier molecular flexibility index (Phi) is 6.10. The highest BCUT2D eigenvalue weighted by Crippen LogP contribution is 2.23. The number of allylic oxidation sites excluding steroid dienone is 1. The van der Waals surface area contributed by atoms with Crippen molar-refractivity contribution in [1.29, 1.82) is 0 Å². The minimum atomic E-state index is 0.697. The van der Waals surface area contributed by atoms with Crippen molar-refractivity contribution in [3.05, 3.63) is 106 Å². The molecule has 0 bridgehead atoms. The molecule has 0 heterocycles. The van der Waals surface area contributed by atoms with Crippen molar-refractivity contribution >= 4 is 34.8 Å². The molecule has 0 aliphatic carbocycles. The molecule has 3 aromatic carbocycles. The van der Waals surface area contributed by atoms with E-state index in [1.807, 2.05) is 60.7 Å².